The quantitative estimate of drug-likeness (QED) is 0.142. The predicted molar refractivity (Wildman–Crippen MR) is 209 cm³/mol. The Hall–Kier alpha value is -4.03. The van der Waals surface area contributed by atoms with E-state index < -0.39 is 11.8 Å². The number of nitrogens with one attached hydrogen (secondary N) is 2. The number of carbonyl (C=O) groups is 3. The molecule has 0 aliphatic heterocycles. The van der Waals surface area contributed by atoms with Gasteiger partial charge in [-0.15, -0.1) is 49.6 Å². The molecule has 10 nitrogen and oxygen atoms in total. The molecule has 266 valence electrons. The zero-order chi connectivity index (χ0) is 32.8. The minimum absolute atomic E-state index is 0. The van der Waals surface area contributed by atoms with Crippen molar-refractivity contribution in [3.8, 4) is 11.4 Å². The number of ether oxygens (including phenoxy) is 1. The van der Waals surface area contributed by atoms with Crippen LogP contribution in [0.2, 0.25) is 10.0 Å². The molecule has 0 fully saturated rings. The second kappa shape index (κ2) is 20.0. The molecule has 5 rings (SSSR count). The van der Waals surface area contributed by atoms with Gasteiger partial charge in [-0.1, -0.05) is 47.5 Å². The van der Waals surface area contributed by atoms with Crippen molar-refractivity contribution in [3.63, 3.8) is 0 Å². The molecule has 0 aliphatic carbocycles. The van der Waals surface area contributed by atoms with Crippen molar-refractivity contribution in [2.75, 3.05) is 25.5 Å². The van der Waals surface area contributed by atoms with Crippen LogP contribution in [0.15, 0.2) is 85.2 Å². The number of pyridine rings is 1. The first-order valence-corrected chi connectivity index (χ1v) is 15.0. The van der Waals surface area contributed by atoms with Crippen LogP contribution in [-0.2, 0) is 16.2 Å². The van der Waals surface area contributed by atoms with E-state index in [9.17, 15) is 14.4 Å². The van der Waals surface area contributed by atoms with Gasteiger partial charge >= 0.3 is 0 Å². The van der Waals surface area contributed by atoms with Gasteiger partial charge in [-0.25, -0.2) is 9.67 Å². The number of benzene rings is 3. The first kappa shape index (κ1) is 44.0. The number of likely N-dealkylation sites (N-methyl/N-ethyl adjacent to an activating group) is 1. The van der Waals surface area contributed by atoms with Gasteiger partial charge in [0.2, 0.25) is 11.8 Å². The summed E-state index contributed by atoms with van der Waals surface area (Å²) in [6.07, 6.45) is 6.48. The van der Waals surface area contributed by atoms with Crippen LogP contribution in [0.25, 0.3) is 22.7 Å². The number of fused-ring (bicyclic) bond motifs is 1. The highest BCUT2D eigenvalue weighted by molar-refractivity contribution is 6.38. The molecule has 0 bridgehead atoms. The zero-order valence-corrected chi connectivity index (χ0v) is 31.7. The molecule has 2 heterocycles. The van der Waals surface area contributed by atoms with Gasteiger partial charge in [0.25, 0.3) is 5.91 Å². The number of para-hydroxylation sites is 1. The van der Waals surface area contributed by atoms with Crippen LogP contribution in [0.1, 0.15) is 27.2 Å². The zero-order valence-electron chi connectivity index (χ0n) is 26.9. The number of aryl methyl sites for hydroxylation is 1. The highest BCUT2D eigenvalue weighted by Gasteiger charge is 2.20. The lowest BCUT2D eigenvalue weighted by atomic mass is 10.1. The smallest absolute Gasteiger partial charge is 0.251 e. The van der Waals surface area contributed by atoms with Crippen LogP contribution in [0.4, 0.5) is 5.69 Å². The molecular weight excluding hydrogens is 769 g/mol. The topological polar surface area (TPSA) is 118 Å². The molecule has 3 amide bonds. The molecule has 3 aromatic carbocycles. The molecule has 0 radical (unpaired) electrons. The summed E-state index contributed by atoms with van der Waals surface area (Å²) in [6.45, 7) is 1.66. The van der Waals surface area contributed by atoms with Gasteiger partial charge in [-0.05, 0) is 61.0 Å². The number of hydrogen-bond acceptors (Lipinski definition) is 6. The SMILES string of the molecule is CNC(=O)c1ccc(/C=C/C(=O)NCC(=O)N(C)c2ccc(Cl)c(COc3cccc4c(-n5cccn5)cc(C)nc34)c2Cl)cc1.Cl.Cl.Cl.Cl. The number of carbonyl (C=O) groups excluding carboxylic acids is 3. The molecule has 0 saturated carbocycles. The van der Waals surface area contributed by atoms with E-state index in [1.54, 1.807) is 67.4 Å². The first-order chi connectivity index (χ1) is 22.2. The monoisotopic (exact) mass is 800 g/mol. The second-order valence-corrected chi connectivity index (χ2v) is 11.0. The molecule has 0 spiro atoms. The lowest BCUT2D eigenvalue weighted by Crippen LogP contribution is -2.37. The summed E-state index contributed by atoms with van der Waals surface area (Å²) in [5, 5.41) is 11.0. The third-order valence-corrected chi connectivity index (χ3v) is 7.95. The largest absolute Gasteiger partial charge is 0.487 e. The third kappa shape index (κ3) is 10.3. The fourth-order valence-electron chi connectivity index (χ4n) is 4.71. The Morgan fingerprint density at radius 1 is 0.980 bits per heavy atom. The molecule has 50 heavy (non-hydrogen) atoms. The van der Waals surface area contributed by atoms with E-state index in [0.717, 1.165) is 22.3 Å². The van der Waals surface area contributed by atoms with Crippen molar-refractivity contribution in [3.05, 3.63) is 118 Å². The Kier molecular flexibility index (Phi) is 17.6. The average molecular weight is 803 g/mol. The number of halogens is 6. The average Bonchev–Trinajstić information content (AvgIpc) is 3.60. The summed E-state index contributed by atoms with van der Waals surface area (Å²) >= 11 is 13.3. The summed E-state index contributed by atoms with van der Waals surface area (Å²) in [7, 11) is 3.12. The van der Waals surface area contributed by atoms with E-state index in [1.807, 2.05) is 43.5 Å². The van der Waals surface area contributed by atoms with Gasteiger partial charge in [0.05, 0.1) is 22.9 Å². The molecule has 0 aliphatic rings. The minimum atomic E-state index is -0.455. The fraction of sp³-hybridized carbons (Fsp3) is 0.147. The third-order valence-electron chi connectivity index (χ3n) is 7.17. The van der Waals surface area contributed by atoms with Crippen LogP contribution >= 0.6 is 72.8 Å². The van der Waals surface area contributed by atoms with Gasteiger partial charge in [-0.3, -0.25) is 14.4 Å². The van der Waals surface area contributed by atoms with E-state index in [0.29, 0.717) is 33.1 Å². The molecule has 0 atom stereocenters. The minimum Gasteiger partial charge on any atom is -0.487 e. The van der Waals surface area contributed by atoms with Crippen LogP contribution in [0.3, 0.4) is 0 Å². The predicted octanol–water partition coefficient (Wildman–Crippen LogP) is 7.45. The molecule has 5 aromatic rings. The van der Waals surface area contributed by atoms with Gasteiger partial charge in [0.15, 0.2) is 0 Å². The summed E-state index contributed by atoms with van der Waals surface area (Å²) in [5.41, 5.74) is 4.46. The normalized spacial score (nSPS) is 10.2. The van der Waals surface area contributed by atoms with Crippen molar-refractivity contribution in [1.82, 2.24) is 25.4 Å². The maximum absolute atomic E-state index is 13.0. The second-order valence-electron chi connectivity index (χ2n) is 10.2. The van der Waals surface area contributed by atoms with Crippen molar-refractivity contribution in [2.24, 2.45) is 0 Å². The summed E-state index contributed by atoms with van der Waals surface area (Å²) in [5.74, 6) is -0.514. The fourth-order valence-corrected chi connectivity index (χ4v) is 5.32. The van der Waals surface area contributed by atoms with E-state index in [4.69, 9.17) is 32.9 Å². The molecule has 16 heteroatoms. The first-order valence-electron chi connectivity index (χ1n) is 14.2. The number of aromatic nitrogens is 3. The van der Waals surface area contributed by atoms with Gasteiger partial charge in [0.1, 0.15) is 17.9 Å². The Balaban J connectivity index is 0.00000312. The van der Waals surface area contributed by atoms with Crippen molar-refractivity contribution in [1.29, 1.82) is 0 Å². The van der Waals surface area contributed by atoms with Crippen molar-refractivity contribution in [2.45, 2.75) is 13.5 Å². The van der Waals surface area contributed by atoms with Crippen LogP contribution in [-0.4, -0.2) is 53.1 Å². The highest BCUT2D eigenvalue weighted by Crippen LogP contribution is 2.36. The lowest BCUT2D eigenvalue weighted by Gasteiger charge is -2.21. The summed E-state index contributed by atoms with van der Waals surface area (Å²) in [6, 6.07) is 19.5. The molecule has 0 saturated heterocycles. The Morgan fingerprint density at radius 2 is 1.70 bits per heavy atom. The van der Waals surface area contributed by atoms with E-state index in [2.05, 4.69) is 15.7 Å². The molecule has 2 aromatic heterocycles. The highest BCUT2D eigenvalue weighted by atomic mass is 35.5. The number of anilines is 1. The number of nitrogens with zero attached hydrogens (tertiary/aromatic N) is 4. The van der Waals surface area contributed by atoms with Crippen molar-refractivity contribution < 1.29 is 19.1 Å². The molecule has 0 unspecified atom stereocenters. The lowest BCUT2D eigenvalue weighted by molar-refractivity contribution is -0.122. The van der Waals surface area contributed by atoms with E-state index in [-0.39, 0.29) is 73.7 Å². The van der Waals surface area contributed by atoms with Crippen LogP contribution in [0.5, 0.6) is 5.75 Å². The van der Waals surface area contributed by atoms with Gasteiger partial charge < -0.3 is 20.3 Å². The number of rotatable bonds is 10. The standard InChI is InChI=1S/C34H30Cl2N6O4.4ClH/c1-21-18-28(42-17-5-16-39-42)24-6-4-7-29(33(24)40-21)46-20-25-26(35)13-14-27(32(25)36)41(3)31(44)19-38-30(43)15-10-22-8-11-23(12-9-22)34(45)37-2;;;;/h4-18H,19-20H2,1-3H3,(H,37,45)(H,38,43);4*1H/b15-10+;;;;. The molecular formula is C34H34Cl6N6O4. The van der Waals surface area contributed by atoms with Gasteiger partial charge in [-0.2, -0.15) is 5.10 Å². The Morgan fingerprint density at radius 3 is 2.36 bits per heavy atom. The Labute approximate surface area is 324 Å². The van der Waals surface area contributed by atoms with Gasteiger partial charge in [0, 0.05) is 59.8 Å². The maximum Gasteiger partial charge on any atom is 0.251 e. The maximum atomic E-state index is 13.0. The number of hydrogen-bond donors (Lipinski definition) is 2. The van der Waals surface area contributed by atoms with Crippen molar-refractivity contribution >= 4 is 113 Å². The summed E-state index contributed by atoms with van der Waals surface area (Å²) < 4.78 is 7.98. The number of amides is 3. The molecule has 2 N–H and O–H groups in total. The Bertz CT molecular complexity index is 1960. The van der Waals surface area contributed by atoms with E-state index >= 15 is 0 Å². The summed E-state index contributed by atoms with van der Waals surface area (Å²) in [4.78, 5) is 43.1. The van der Waals surface area contributed by atoms with Crippen LogP contribution < -0.4 is 20.3 Å². The van der Waals surface area contributed by atoms with E-state index in [1.165, 1.54) is 11.0 Å². The van der Waals surface area contributed by atoms with Crippen LogP contribution in [0, 0.1) is 6.92 Å².